The maximum atomic E-state index is 13.7. The van der Waals surface area contributed by atoms with Gasteiger partial charge < -0.3 is 9.15 Å². The summed E-state index contributed by atoms with van der Waals surface area (Å²) in [7, 11) is 1.56. The first-order valence-corrected chi connectivity index (χ1v) is 14.0. The molecule has 206 valence electrons. The normalized spacial score (nSPS) is 13.8. The predicted molar refractivity (Wildman–Crippen MR) is 160 cm³/mol. The third-order valence-electron chi connectivity index (χ3n) is 8.02. The number of Topliss-reactive ketones (excluding diaryl/α,β-unsaturated/α-hetero) is 2. The number of rotatable bonds is 9. The summed E-state index contributed by atoms with van der Waals surface area (Å²) >= 11 is 6.50. The van der Waals surface area contributed by atoms with Crippen LogP contribution < -0.4 is 4.74 Å². The zero-order chi connectivity index (χ0) is 28.7. The van der Waals surface area contributed by atoms with Crippen molar-refractivity contribution >= 4 is 34.1 Å². The maximum Gasteiger partial charge on any atom is 0.167 e. The van der Waals surface area contributed by atoms with Crippen LogP contribution >= 0.6 is 11.6 Å². The van der Waals surface area contributed by atoms with E-state index >= 15 is 0 Å². The van der Waals surface area contributed by atoms with Crippen LogP contribution in [0.4, 0.5) is 4.39 Å². The van der Waals surface area contributed by atoms with Gasteiger partial charge in [-0.2, -0.15) is 0 Å². The van der Waals surface area contributed by atoms with E-state index in [0.717, 1.165) is 29.5 Å². The van der Waals surface area contributed by atoms with Crippen molar-refractivity contribution in [3.8, 4) is 28.2 Å². The summed E-state index contributed by atoms with van der Waals surface area (Å²) in [5.74, 6) is 0.444. The molecule has 0 radical (unpaired) electrons. The molecule has 41 heavy (non-hydrogen) atoms. The van der Waals surface area contributed by atoms with Gasteiger partial charge in [0, 0.05) is 39.8 Å². The van der Waals surface area contributed by atoms with Gasteiger partial charge in [-0.25, -0.2) is 4.39 Å². The molecule has 1 heterocycles. The lowest BCUT2D eigenvalue weighted by atomic mass is 9.87. The van der Waals surface area contributed by atoms with E-state index in [1.807, 2.05) is 54.6 Å². The van der Waals surface area contributed by atoms with Gasteiger partial charge in [-0.15, -0.1) is 0 Å². The van der Waals surface area contributed by atoms with E-state index in [9.17, 15) is 14.0 Å². The molecular formula is C35H28ClFO4. The van der Waals surface area contributed by atoms with Crippen molar-refractivity contribution in [2.75, 3.05) is 7.11 Å². The second-order valence-electron chi connectivity index (χ2n) is 10.5. The van der Waals surface area contributed by atoms with E-state index in [1.54, 1.807) is 32.2 Å². The molecule has 0 unspecified atom stereocenters. The third kappa shape index (κ3) is 4.85. The number of benzene rings is 4. The monoisotopic (exact) mass is 566 g/mol. The van der Waals surface area contributed by atoms with Crippen LogP contribution in [0.1, 0.15) is 58.9 Å². The standard InChI is InChI=1S/C35H28ClFO4/c1-3-29(38)32-26-19-22(13-16-31(26)41-33(32)21-11-14-23(37)15-12-21)24-7-6-8-25(34(24)40-2)30(39)20-35(17-18-35)27-9-4-5-10-28(27)36/h4-16,19H,3,17-18,20H2,1-2H3. The van der Waals surface area contributed by atoms with Gasteiger partial charge in [-0.1, -0.05) is 54.9 Å². The Labute approximate surface area is 242 Å². The van der Waals surface area contributed by atoms with Crippen molar-refractivity contribution in [1.29, 1.82) is 0 Å². The van der Waals surface area contributed by atoms with Crippen LogP contribution in [0.25, 0.3) is 33.4 Å². The van der Waals surface area contributed by atoms with Crippen molar-refractivity contribution in [1.82, 2.24) is 0 Å². The maximum absolute atomic E-state index is 13.7. The Morgan fingerprint density at radius 2 is 1.66 bits per heavy atom. The summed E-state index contributed by atoms with van der Waals surface area (Å²) in [6.45, 7) is 1.80. The molecule has 4 aromatic carbocycles. The first-order valence-electron chi connectivity index (χ1n) is 13.7. The predicted octanol–water partition coefficient (Wildman–Crippen LogP) is 9.47. The molecule has 1 aliphatic rings. The Morgan fingerprint density at radius 1 is 0.927 bits per heavy atom. The lowest BCUT2D eigenvalue weighted by Gasteiger charge is -2.18. The fourth-order valence-electron chi connectivity index (χ4n) is 5.71. The molecule has 0 spiro atoms. The molecule has 0 aliphatic heterocycles. The molecule has 6 rings (SSSR count). The number of fused-ring (bicyclic) bond motifs is 1. The van der Waals surface area contributed by atoms with E-state index in [-0.39, 0.29) is 29.2 Å². The highest BCUT2D eigenvalue weighted by atomic mass is 35.5. The van der Waals surface area contributed by atoms with Gasteiger partial charge in [0.05, 0.1) is 18.2 Å². The number of furan rings is 1. The molecule has 6 heteroatoms. The molecule has 0 atom stereocenters. The highest BCUT2D eigenvalue weighted by molar-refractivity contribution is 6.31. The second kappa shape index (κ2) is 10.6. The Morgan fingerprint density at radius 3 is 2.34 bits per heavy atom. The van der Waals surface area contributed by atoms with E-state index < -0.39 is 0 Å². The van der Waals surface area contributed by atoms with Crippen molar-refractivity contribution in [3.63, 3.8) is 0 Å². The van der Waals surface area contributed by atoms with Gasteiger partial charge >= 0.3 is 0 Å². The lowest BCUT2D eigenvalue weighted by molar-refractivity contribution is 0.0964. The third-order valence-corrected chi connectivity index (χ3v) is 8.35. The van der Waals surface area contributed by atoms with Gasteiger partial charge in [-0.3, -0.25) is 9.59 Å². The van der Waals surface area contributed by atoms with Crippen molar-refractivity contribution in [3.05, 3.63) is 112 Å². The second-order valence-corrected chi connectivity index (χ2v) is 11.0. The summed E-state index contributed by atoms with van der Waals surface area (Å²) in [5.41, 5.74) is 4.42. The largest absolute Gasteiger partial charge is 0.495 e. The van der Waals surface area contributed by atoms with Crippen molar-refractivity contribution < 1.29 is 23.1 Å². The minimum absolute atomic E-state index is 0.00838. The summed E-state index contributed by atoms with van der Waals surface area (Å²) in [6, 6.07) is 24.8. The fraction of sp³-hybridized carbons (Fsp3) is 0.200. The Hall–Kier alpha value is -4.22. The quantitative estimate of drug-likeness (QED) is 0.167. The van der Waals surface area contributed by atoms with E-state index in [4.69, 9.17) is 20.8 Å². The SMILES string of the molecule is CCC(=O)c1c(-c2ccc(F)cc2)oc2ccc(-c3cccc(C(=O)CC4(c5ccccc5Cl)CC4)c3OC)cc12. The first-order chi connectivity index (χ1) is 19.8. The number of ketones is 2. The minimum Gasteiger partial charge on any atom is -0.495 e. The average molecular weight is 567 g/mol. The molecule has 0 N–H and O–H groups in total. The van der Waals surface area contributed by atoms with Crippen LogP contribution in [0.5, 0.6) is 5.75 Å². The molecule has 1 aromatic heterocycles. The van der Waals surface area contributed by atoms with Gasteiger partial charge in [0.2, 0.25) is 0 Å². The number of carbonyl (C=O) groups excluding carboxylic acids is 2. The zero-order valence-electron chi connectivity index (χ0n) is 22.8. The zero-order valence-corrected chi connectivity index (χ0v) is 23.6. The molecule has 5 aromatic rings. The van der Waals surface area contributed by atoms with Crippen molar-refractivity contribution in [2.24, 2.45) is 0 Å². The number of methoxy groups -OCH3 is 1. The fourth-order valence-corrected chi connectivity index (χ4v) is 6.05. The molecule has 4 nitrogen and oxygen atoms in total. The highest BCUT2D eigenvalue weighted by Gasteiger charge is 2.47. The molecule has 1 fully saturated rings. The van der Waals surface area contributed by atoms with Gasteiger partial charge in [0.25, 0.3) is 0 Å². The summed E-state index contributed by atoms with van der Waals surface area (Å²) in [4.78, 5) is 26.8. The molecule has 0 saturated heterocycles. The molecule has 0 bridgehead atoms. The average Bonchev–Trinajstić information content (AvgIpc) is 3.67. The van der Waals surface area contributed by atoms with E-state index in [0.29, 0.717) is 50.6 Å². The van der Waals surface area contributed by atoms with E-state index in [1.165, 1.54) is 12.1 Å². The first kappa shape index (κ1) is 27.0. The van der Waals surface area contributed by atoms with Crippen LogP contribution in [-0.2, 0) is 5.41 Å². The lowest BCUT2D eigenvalue weighted by Crippen LogP contribution is -2.15. The molecule has 1 saturated carbocycles. The number of para-hydroxylation sites is 1. The number of hydrogen-bond donors (Lipinski definition) is 0. The van der Waals surface area contributed by atoms with Crippen LogP contribution in [0, 0.1) is 5.82 Å². The van der Waals surface area contributed by atoms with Gasteiger partial charge in [0.1, 0.15) is 22.9 Å². The van der Waals surface area contributed by atoms with Gasteiger partial charge in [-0.05, 0) is 72.5 Å². The Bertz CT molecular complexity index is 1800. The molecule has 1 aliphatic carbocycles. The number of halogens is 2. The van der Waals surface area contributed by atoms with Crippen molar-refractivity contribution in [2.45, 2.75) is 38.0 Å². The van der Waals surface area contributed by atoms with E-state index in [2.05, 4.69) is 0 Å². The number of hydrogen-bond acceptors (Lipinski definition) is 4. The highest BCUT2D eigenvalue weighted by Crippen LogP contribution is 2.54. The smallest absolute Gasteiger partial charge is 0.167 e. The van der Waals surface area contributed by atoms with Crippen LogP contribution in [-0.4, -0.2) is 18.7 Å². The summed E-state index contributed by atoms with van der Waals surface area (Å²) < 4.78 is 25.6. The Balaban J connectivity index is 1.41. The minimum atomic E-state index is -0.364. The van der Waals surface area contributed by atoms with Gasteiger partial charge in [0.15, 0.2) is 11.6 Å². The topological polar surface area (TPSA) is 56.5 Å². The molecule has 0 amide bonds. The van der Waals surface area contributed by atoms with Crippen LogP contribution in [0.15, 0.2) is 89.3 Å². The van der Waals surface area contributed by atoms with Crippen LogP contribution in [0.3, 0.4) is 0 Å². The number of carbonyl (C=O) groups is 2. The summed E-state index contributed by atoms with van der Waals surface area (Å²) in [6.07, 6.45) is 2.44. The number of ether oxygens (including phenoxy) is 1. The van der Waals surface area contributed by atoms with Crippen LogP contribution in [0.2, 0.25) is 5.02 Å². The molecular weight excluding hydrogens is 539 g/mol. The Kier molecular flexibility index (Phi) is 7.00. The summed E-state index contributed by atoms with van der Waals surface area (Å²) in [5, 5.41) is 1.34.